The Morgan fingerprint density at radius 2 is 1.88 bits per heavy atom. The number of hydrogen-bond acceptors (Lipinski definition) is 2. The van der Waals surface area contributed by atoms with Gasteiger partial charge in [0.15, 0.2) is 0 Å². The smallest absolute Gasteiger partial charge is 0.00884 e. The molecule has 1 aromatic rings. The van der Waals surface area contributed by atoms with Gasteiger partial charge in [0.25, 0.3) is 0 Å². The molecule has 2 aliphatic rings. The predicted molar refractivity (Wildman–Crippen MR) is 107 cm³/mol. The van der Waals surface area contributed by atoms with Crippen molar-refractivity contribution in [2.75, 3.05) is 26.7 Å². The van der Waals surface area contributed by atoms with E-state index in [0.717, 1.165) is 6.04 Å². The summed E-state index contributed by atoms with van der Waals surface area (Å²) in [6.07, 6.45) is 6.38. The average Bonchev–Trinajstić information content (AvgIpc) is 2.64. The van der Waals surface area contributed by atoms with E-state index in [0.29, 0.717) is 5.92 Å². The van der Waals surface area contributed by atoms with Gasteiger partial charge in [0.05, 0.1) is 0 Å². The van der Waals surface area contributed by atoms with Crippen molar-refractivity contribution in [1.82, 2.24) is 10.2 Å². The maximum atomic E-state index is 4.44. The molecule has 1 saturated heterocycles. The van der Waals surface area contributed by atoms with Gasteiger partial charge in [-0.05, 0) is 93.9 Å². The van der Waals surface area contributed by atoms with Crippen LogP contribution in [-0.4, -0.2) is 37.6 Å². The number of allylic oxidation sites excluding steroid dienone is 1. The van der Waals surface area contributed by atoms with Crippen LogP contribution in [0.1, 0.15) is 56.2 Å². The van der Waals surface area contributed by atoms with Gasteiger partial charge in [-0.15, -0.1) is 0 Å². The fourth-order valence-corrected chi connectivity index (χ4v) is 4.15. The summed E-state index contributed by atoms with van der Waals surface area (Å²) in [7, 11) is 2.09. The molecule has 0 saturated carbocycles. The summed E-state index contributed by atoms with van der Waals surface area (Å²) in [4.78, 5) is 2.65. The molecule has 0 radical (unpaired) electrons. The zero-order valence-corrected chi connectivity index (χ0v) is 16.2. The van der Waals surface area contributed by atoms with Crippen molar-refractivity contribution in [1.29, 1.82) is 0 Å². The number of benzene rings is 1. The highest BCUT2D eigenvalue weighted by atomic mass is 15.1. The van der Waals surface area contributed by atoms with Crippen LogP contribution in [-0.2, 0) is 6.42 Å². The van der Waals surface area contributed by atoms with Crippen LogP contribution in [0.3, 0.4) is 0 Å². The third-order valence-corrected chi connectivity index (χ3v) is 5.78. The van der Waals surface area contributed by atoms with Crippen LogP contribution in [0.25, 0.3) is 5.57 Å². The van der Waals surface area contributed by atoms with Gasteiger partial charge in [-0.25, -0.2) is 0 Å². The molecule has 134 valence electrons. The van der Waals surface area contributed by atoms with E-state index < -0.39 is 0 Å². The van der Waals surface area contributed by atoms with E-state index >= 15 is 0 Å². The fourth-order valence-electron chi connectivity index (χ4n) is 4.15. The molecule has 1 N–H and O–H groups in total. The lowest BCUT2D eigenvalue weighted by molar-refractivity contribution is 0.193. The molecule has 1 aliphatic heterocycles. The SMILES string of the molecule is C=C1c2cccc(C)c2CCC1CCN1CCC(NC)CC1.CC. The number of piperidine rings is 1. The molecule has 2 heteroatoms. The van der Waals surface area contributed by atoms with E-state index in [9.17, 15) is 0 Å². The van der Waals surface area contributed by atoms with E-state index in [1.807, 2.05) is 13.8 Å². The summed E-state index contributed by atoms with van der Waals surface area (Å²) in [5.41, 5.74) is 5.80. The molecule has 24 heavy (non-hydrogen) atoms. The lowest BCUT2D eigenvalue weighted by atomic mass is 9.77. The van der Waals surface area contributed by atoms with Gasteiger partial charge in [0, 0.05) is 6.04 Å². The molecule has 0 aromatic heterocycles. The van der Waals surface area contributed by atoms with Crippen LogP contribution in [0, 0.1) is 12.8 Å². The summed E-state index contributed by atoms with van der Waals surface area (Å²) < 4.78 is 0. The predicted octanol–water partition coefficient (Wildman–Crippen LogP) is 4.67. The normalized spacial score (nSPS) is 21.8. The van der Waals surface area contributed by atoms with E-state index in [1.54, 1.807) is 5.56 Å². The Morgan fingerprint density at radius 3 is 2.54 bits per heavy atom. The molecule has 3 rings (SSSR count). The maximum Gasteiger partial charge on any atom is 0.00884 e. The largest absolute Gasteiger partial charge is 0.317 e. The van der Waals surface area contributed by atoms with E-state index in [4.69, 9.17) is 0 Å². The van der Waals surface area contributed by atoms with E-state index in [1.165, 1.54) is 68.4 Å². The van der Waals surface area contributed by atoms with Crippen LogP contribution in [0.5, 0.6) is 0 Å². The molecule has 1 aromatic carbocycles. The van der Waals surface area contributed by atoms with Crippen LogP contribution < -0.4 is 5.32 Å². The van der Waals surface area contributed by atoms with Crippen molar-refractivity contribution >= 4 is 5.57 Å². The van der Waals surface area contributed by atoms with Gasteiger partial charge in [-0.3, -0.25) is 0 Å². The van der Waals surface area contributed by atoms with Crippen molar-refractivity contribution in [3.05, 3.63) is 41.5 Å². The molecule has 0 bridgehead atoms. The molecule has 0 amide bonds. The molecular weight excluding hydrogens is 292 g/mol. The van der Waals surface area contributed by atoms with Gasteiger partial charge in [0.2, 0.25) is 0 Å². The minimum Gasteiger partial charge on any atom is -0.317 e. The number of nitrogens with one attached hydrogen (secondary N) is 1. The Hall–Kier alpha value is -1.12. The van der Waals surface area contributed by atoms with Crippen molar-refractivity contribution in [2.45, 2.75) is 58.9 Å². The standard InChI is InChI=1S/C20H30N2.C2H6/c1-15-5-4-6-20-16(2)17(7-8-19(15)20)9-12-22-13-10-18(21-3)11-14-22;1-2/h4-6,17-18,21H,2,7-14H2,1,3H3;1-2H3. The Bertz CT molecular complexity index is 527. The lowest BCUT2D eigenvalue weighted by Gasteiger charge is -2.34. The van der Waals surface area contributed by atoms with Crippen molar-refractivity contribution in [3.8, 4) is 0 Å². The van der Waals surface area contributed by atoms with Gasteiger partial charge < -0.3 is 10.2 Å². The topological polar surface area (TPSA) is 15.3 Å². The van der Waals surface area contributed by atoms with Gasteiger partial charge in [0.1, 0.15) is 0 Å². The first kappa shape index (κ1) is 19.2. The number of aryl methyl sites for hydroxylation is 1. The minimum atomic E-state index is 0.677. The third kappa shape index (κ3) is 4.49. The summed E-state index contributed by atoms with van der Waals surface area (Å²) in [6.45, 7) is 14.4. The summed E-state index contributed by atoms with van der Waals surface area (Å²) >= 11 is 0. The molecule has 1 unspecified atom stereocenters. The first-order chi connectivity index (χ1) is 11.7. The van der Waals surface area contributed by atoms with E-state index in [2.05, 4.69) is 49.0 Å². The van der Waals surface area contributed by atoms with Crippen LogP contribution in [0.2, 0.25) is 0 Å². The van der Waals surface area contributed by atoms with Crippen LogP contribution in [0.4, 0.5) is 0 Å². The van der Waals surface area contributed by atoms with Crippen molar-refractivity contribution < 1.29 is 0 Å². The fraction of sp³-hybridized carbons (Fsp3) is 0.636. The first-order valence-corrected chi connectivity index (χ1v) is 9.86. The quantitative estimate of drug-likeness (QED) is 0.864. The Kier molecular flexibility index (Phi) is 7.51. The maximum absolute atomic E-state index is 4.44. The number of likely N-dealkylation sites (tertiary alicyclic amines) is 1. The second kappa shape index (κ2) is 9.39. The number of fused-ring (bicyclic) bond motifs is 1. The van der Waals surface area contributed by atoms with Crippen LogP contribution in [0.15, 0.2) is 24.8 Å². The second-order valence-corrected chi connectivity index (χ2v) is 7.06. The lowest BCUT2D eigenvalue weighted by Crippen LogP contribution is -2.41. The Morgan fingerprint density at radius 1 is 1.17 bits per heavy atom. The first-order valence-electron chi connectivity index (χ1n) is 9.86. The monoisotopic (exact) mass is 328 g/mol. The summed E-state index contributed by atoms with van der Waals surface area (Å²) in [6, 6.07) is 7.42. The van der Waals surface area contributed by atoms with Crippen molar-refractivity contribution in [3.63, 3.8) is 0 Å². The van der Waals surface area contributed by atoms with Gasteiger partial charge in [-0.2, -0.15) is 0 Å². The number of nitrogens with zero attached hydrogens (tertiary/aromatic N) is 1. The minimum absolute atomic E-state index is 0.677. The molecule has 2 nitrogen and oxygen atoms in total. The highest BCUT2D eigenvalue weighted by Gasteiger charge is 2.24. The van der Waals surface area contributed by atoms with Gasteiger partial charge >= 0.3 is 0 Å². The molecule has 1 atom stereocenters. The number of hydrogen-bond donors (Lipinski definition) is 1. The summed E-state index contributed by atoms with van der Waals surface area (Å²) in [5, 5.41) is 3.41. The van der Waals surface area contributed by atoms with E-state index in [-0.39, 0.29) is 0 Å². The molecule has 1 aliphatic carbocycles. The third-order valence-electron chi connectivity index (χ3n) is 5.78. The summed E-state index contributed by atoms with van der Waals surface area (Å²) in [5.74, 6) is 0.677. The zero-order chi connectivity index (χ0) is 17.5. The molecular formula is C22H36N2. The highest BCUT2D eigenvalue weighted by molar-refractivity contribution is 5.70. The van der Waals surface area contributed by atoms with Crippen molar-refractivity contribution in [2.24, 2.45) is 5.92 Å². The molecule has 1 heterocycles. The molecule has 1 fully saturated rings. The molecule has 0 spiro atoms. The average molecular weight is 329 g/mol. The Labute approximate surface area is 149 Å². The number of rotatable bonds is 4. The highest BCUT2D eigenvalue weighted by Crippen LogP contribution is 2.37. The van der Waals surface area contributed by atoms with Gasteiger partial charge in [-0.1, -0.05) is 38.6 Å². The second-order valence-electron chi connectivity index (χ2n) is 7.06. The Balaban J connectivity index is 0.00000100. The van der Waals surface area contributed by atoms with Crippen LogP contribution >= 0.6 is 0 Å². The zero-order valence-electron chi connectivity index (χ0n) is 16.2.